The normalized spacial score (nSPS) is 38.7. The van der Waals surface area contributed by atoms with E-state index in [0.29, 0.717) is 54.4 Å². The number of rotatable bonds is 7. The maximum absolute atomic E-state index is 12.9. The van der Waals surface area contributed by atoms with Crippen LogP contribution in [0.25, 0.3) is 0 Å². The standard InChI is InChI=1S/C26H39NO3S2/c1-16(28)18-6-7-19-17-4-5-21-24(32-15-10-23(30)27-13-14-31)22(29)9-12-26(21,3)20(17)8-11-25(18,19)2/h17-20,31H,4-15H2,1-3H3,(H,27,30). The first kappa shape index (κ1) is 24.4. The first-order valence-electron chi connectivity index (χ1n) is 12.5. The largest absolute Gasteiger partial charge is 0.355 e. The molecule has 3 saturated carbocycles. The van der Waals surface area contributed by atoms with E-state index in [9.17, 15) is 14.4 Å². The zero-order chi connectivity index (χ0) is 23.1. The van der Waals surface area contributed by atoms with Crippen molar-refractivity contribution in [2.24, 2.45) is 34.5 Å². The van der Waals surface area contributed by atoms with Crippen LogP contribution < -0.4 is 5.32 Å². The summed E-state index contributed by atoms with van der Waals surface area (Å²) in [6.45, 7) is 7.20. The van der Waals surface area contributed by atoms with E-state index in [1.165, 1.54) is 18.4 Å². The van der Waals surface area contributed by atoms with Gasteiger partial charge < -0.3 is 5.32 Å². The molecule has 0 aromatic heterocycles. The number of fused-ring (bicyclic) bond motifs is 5. The van der Waals surface area contributed by atoms with Gasteiger partial charge in [0, 0.05) is 36.8 Å². The lowest BCUT2D eigenvalue weighted by atomic mass is 9.46. The lowest BCUT2D eigenvalue weighted by Crippen LogP contribution is -2.51. The molecule has 1 amide bonds. The predicted molar refractivity (Wildman–Crippen MR) is 134 cm³/mol. The summed E-state index contributed by atoms with van der Waals surface area (Å²) in [4.78, 5) is 38.2. The van der Waals surface area contributed by atoms with Crippen LogP contribution in [0.3, 0.4) is 0 Å². The van der Waals surface area contributed by atoms with Crippen molar-refractivity contribution >= 4 is 41.9 Å². The highest BCUT2D eigenvalue weighted by Crippen LogP contribution is 2.67. The van der Waals surface area contributed by atoms with Crippen LogP contribution in [0, 0.1) is 34.5 Å². The minimum Gasteiger partial charge on any atom is -0.355 e. The van der Waals surface area contributed by atoms with Gasteiger partial charge in [-0.3, -0.25) is 14.4 Å². The van der Waals surface area contributed by atoms with E-state index in [-0.39, 0.29) is 28.4 Å². The quantitative estimate of drug-likeness (QED) is 0.494. The van der Waals surface area contributed by atoms with Gasteiger partial charge in [0.1, 0.15) is 5.78 Å². The van der Waals surface area contributed by atoms with Crippen molar-refractivity contribution in [2.45, 2.75) is 78.6 Å². The molecule has 0 saturated heterocycles. The van der Waals surface area contributed by atoms with Crippen LogP contribution in [0.4, 0.5) is 0 Å². The predicted octanol–water partition coefficient (Wildman–Crippen LogP) is 5.22. The highest BCUT2D eigenvalue weighted by Gasteiger charge is 2.60. The number of thiol groups is 1. The first-order valence-corrected chi connectivity index (χ1v) is 14.1. The van der Waals surface area contributed by atoms with Crippen LogP contribution in [0.15, 0.2) is 10.5 Å². The van der Waals surface area contributed by atoms with E-state index < -0.39 is 0 Å². The Labute approximate surface area is 202 Å². The van der Waals surface area contributed by atoms with Crippen LogP contribution in [-0.4, -0.2) is 35.5 Å². The Bertz CT molecular complexity index is 824. The third-order valence-electron chi connectivity index (χ3n) is 9.57. The SMILES string of the molecule is CC(=O)C1CCC2C3CCC4=C(SCCC(=O)NCCS)C(=O)CCC4(C)C3CCC12C. The lowest BCUT2D eigenvalue weighted by molar-refractivity contribution is -0.128. The molecule has 4 aliphatic carbocycles. The molecule has 1 N–H and O–H groups in total. The van der Waals surface area contributed by atoms with Gasteiger partial charge in [-0.05, 0) is 86.0 Å². The molecule has 6 heteroatoms. The number of carbonyl (C=O) groups excluding carboxylic acids is 3. The number of nitrogens with one attached hydrogen (secondary N) is 1. The molecule has 4 rings (SSSR count). The number of allylic oxidation sites excluding steroid dienone is 1. The monoisotopic (exact) mass is 477 g/mol. The average molecular weight is 478 g/mol. The van der Waals surface area contributed by atoms with Crippen LogP contribution in [-0.2, 0) is 14.4 Å². The van der Waals surface area contributed by atoms with Gasteiger partial charge in [0.2, 0.25) is 5.91 Å². The first-order chi connectivity index (χ1) is 15.2. The molecule has 0 aliphatic heterocycles. The van der Waals surface area contributed by atoms with Gasteiger partial charge in [0.25, 0.3) is 0 Å². The fourth-order valence-electron chi connectivity index (χ4n) is 8.03. The van der Waals surface area contributed by atoms with E-state index >= 15 is 0 Å². The smallest absolute Gasteiger partial charge is 0.220 e. The van der Waals surface area contributed by atoms with E-state index in [2.05, 4.69) is 31.8 Å². The van der Waals surface area contributed by atoms with E-state index in [4.69, 9.17) is 0 Å². The Hall–Kier alpha value is -0.750. The van der Waals surface area contributed by atoms with Crippen molar-refractivity contribution in [3.05, 3.63) is 10.5 Å². The van der Waals surface area contributed by atoms with Crippen molar-refractivity contribution < 1.29 is 14.4 Å². The molecule has 178 valence electrons. The van der Waals surface area contributed by atoms with Crippen molar-refractivity contribution in [3.8, 4) is 0 Å². The third kappa shape index (κ3) is 4.12. The van der Waals surface area contributed by atoms with Crippen LogP contribution in [0.2, 0.25) is 0 Å². The van der Waals surface area contributed by atoms with Crippen LogP contribution in [0.5, 0.6) is 0 Å². The summed E-state index contributed by atoms with van der Waals surface area (Å²) in [5.74, 6) is 4.21. The molecule has 6 unspecified atom stereocenters. The summed E-state index contributed by atoms with van der Waals surface area (Å²) >= 11 is 5.75. The molecule has 0 bridgehead atoms. The summed E-state index contributed by atoms with van der Waals surface area (Å²) in [6, 6.07) is 0. The maximum Gasteiger partial charge on any atom is 0.220 e. The van der Waals surface area contributed by atoms with Gasteiger partial charge in [0.15, 0.2) is 5.78 Å². The van der Waals surface area contributed by atoms with Crippen LogP contribution in [0.1, 0.15) is 78.6 Å². The molecular formula is C26H39NO3S2. The minimum absolute atomic E-state index is 0.0414. The number of hydrogen-bond acceptors (Lipinski definition) is 5. The van der Waals surface area contributed by atoms with Gasteiger partial charge >= 0.3 is 0 Å². The van der Waals surface area contributed by atoms with E-state index in [1.807, 2.05) is 0 Å². The Morgan fingerprint density at radius 2 is 1.88 bits per heavy atom. The Balaban J connectivity index is 1.52. The molecule has 0 aromatic carbocycles. The number of hydrogen-bond donors (Lipinski definition) is 2. The summed E-state index contributed by atoms with van der Waals surface area (Å²) < 4.78 is 0. The molecule has 0 aromatic rings. The Kier molecular flexibility index (Phi) is 7.22. The molecule has 0 radical (unpaired) electrons. The Morgan fingerprint density at radius 1 is 1.09 bits per heavy atom. The fourth-order valence-corrected chi connectivity index (χ4v) is 9.41. The van der Waals surface area contributed by atoms with Crippen LogP contribution >= 0.6 is 24.4 Å². The lowest BCUT2D eigenvalue weighted by Gasteiger charge is -2.58. The summed E-state index contributed by atoms with van der Waals surface area (Å²) in [5.41, 5.74) is 1.66. The van der Waals surface area contributed by atoms with E-state index in [0.717, 1.165) is 37.0 Å². The van der Waals surface area contributed by atoms with Crippen molar-refractivity contribution in [1.29, 1.82) is 0 Å². The molecular weight excluding hydrogens is 438 g/mol. The topological polar surface area (TPSA) is 63.2 Å². The summed E-state index contributed by atoms with van der Waals surface area (Å²) in [5, 5.41) is 2.86. The molecule has 6 atom stereocenters. The van der Waals surface area contributed by atoms with Gasteiger partial charge in [-0.1, -0.05) is 13.8 Å². The van der Waals surface area contributed by atoms with Crippen molar-refractivity contribution in [3.63, 3.8) is 0 Å². The molecule has 3 fully saturated rings. The number of Topliss-reactive ketones (excluding diaryl/α,β-unsaturated/α-hetero) is 2. The molecule has 32 heavy (non-hydrogen) atoms. The minimum atomic E-state index is 0.0414. The number of thioether (sulfide) groups is 1. The van der Waals surface area contributed by atoms with Gasteiger partial charge in [-0.15, -0.1) is 11.8 Å². The highest BCUT2D eigenvalue weighted by atomic mass is 32.2. The zero-order valence-corrected chi connectivity index (χ0v) is 21.6. The third-order valence-corrected chi connectivity index (χ3v) is 11.0. The number of amides is 1. The molecule has 4 aliphatic rings. The van der Waals surface area contributed by atoms with Crippen molar-refractivity contribution in [2.75, 3.05) is 18.1 Å². The second kappa shape index (κ2) is 9.48. The molecule has 0 spiro atoms. The summed E-state index contributed by atoms with van der Waals surface area (Å²) in [6.07, 6.45) is 8.79. The maximum atomic E-state index is 12.9. The molecule has 0 heterocycles. The second-order valence-electron chi connectivity index (χ2n) is 11.0. The Morgan fingerprint density at radius 3 is 2.59 bits per heavy atom. The van der Waals surface area contributed by atoms with Gasteiger partial charge in [-0.2, -0.15) is 12.6 Å². The van der Waals surface area contributed by atoms with Gasteiger partial charge in [-0.25, -0.2) is 0 Å². The summed E-state index contributed by atoms with van der Waals surface area (Å²) in [7, 11) is 0. The van der Waals surface area contributed by atoms with Crippen molar-refractivity contribution in [1.82, 2.24) is 5.32 Å². The fraction of sp³-hybridized carbons (Fsp3) is 0.808. The van der Waals surface area contributed by atoms with Gasteiger partial charge in [0.05, 0.1) is 4.91 Å². The molecule has 4 nitrogen and oxygen atoms in total. The zero-order valence-electron chi connectivity index (χ0n) is 19.9. The number of ketones is 2. The highest BCUT2D eigenvalue weighted by molar-refractivity contribution is 8.04. The number of carbonyl (C=O) groups is 3. The second-order valence-corrected chi connectivity index (χ2v) is 12.6. The average Bonchev–Trinajstić information content (AvgIpc) is 3.11. The van der Waals surface area contributed by atoms with E-state index in [1.54, 1.807) is 18.7 Å².